The van der Waals surface area contributed by atoms with Crippen LogP contribution in [-0.4, -0.2) is 31.3 Å². The number of methoxy groups -OCH3 is 1. The summed E-state index contributed by atoms with van der Waals surface area (Å²) in [5.74, 6) is -0.211. The van der Waals surface area contributed by atoms with Crippen molar-refractivity contribution in [1.82, 2.24) is 5.32 Å². The minimum Gasteiger partial charge on any atom is -0.496 e. The lowest BCUT2D eigenvalue weighted by Gasteiger charge is -2.10. The molecule has 0 saturated carbocycles. The van der Waals surface area contributed by atoms with Crippen molar-refractivity contribution >= 4 is 5.97 Å². The lowest BCUT2D eigenvalue weighted by atomic mass is 10.1. The van der Waals surface area contributed by atoms with Gasteiger partial charge in [0.05, 0.1) is 13.0 Å². The highest BCUT2D eigenvalue weighted by Crippen LogP contribution is 2.18. The van der Waals surface area contributed by atoms with E-state index in [1.54, 1.807) is 14.0 Å². The van der Waals surface area contributed by atoms with E-state index in [4.69, 9.17) is 9.84 Å². The summed E-state index contributed by atoms with van der Waals surface area (Å²) in [6.45, 7) is 5.00. The molecule has 0 aromatic heterocycles. The number of aryl methyl sites for hydroxylation is 1. The van der Waals surface area contributed by atoms with Gasteiger partial charge < -0.3 is 15.2 Å². The van der Waals surface area contributed by atoms with Crippen LogP contribution >= 0.6 is 0 Å². The van der Waals surface area contributed by atoms with Crippen molar-refractivity contribution in [3.8, 4) is 5.75 Å². The van der Waals surface area contributed by atoms with E-state index in [1.165, 1.54) is 5.56 Å². The predicted octanol–water partition coefficient (Wildman–Crippen LogP) is 1.86. The Morgan fingerprint density at radius 1 is 1.50 bits per heavy atom. The molecule has 0 saturated heterocycles. The van der Waals surface area contributed by atoms with Gasteiger partial charge in [-0.1, -0.05) is 19.1 Å². The predicted molar refractivity (Wildman–Crippen MR) is 71.1 cm³/mol. The summed E-state index contributed by atoms with van der Waals surface area (Å²) in [5.41, 5.74) is 2.35. The number of hydrogen-bond acceptors (Lipinski definition) is 3. The quantitative estimate of drug-likeness (QED) is 0.726. The monoisotopic (exact) mass is 251 g/mol. The minimum atomic E-state index is -0.761. The fourth-order valence-electron chi connectivity index (χ4n) is 1.73. The van der Waals surface area contributed by atoms with Gasteiger partial charge >= 0.3 is 5.97 Å². The van der Waals surface area contributed by atoms with Crippen molar-refractivity contribution in [2.24, 2.45) is 5.92 Å². The average molecular weight is 251 g/mol. The summed E-state index contributed by atoms with van der Waals surface area (Å²) >= 11 is 0. The molecule has 4 heteroatoms. The molecule has 100 valence electrons. The molecule has 0 heterocycles. The molecule has 1 unspecified atom stereocenters. The first-order valence-corrected chi connectivity index (χ1v) is 6.11. The molecule has 1 rings (SSSR count). The van der Waals surface area contributed by atoms with Crippen LogP contribution < -0.4 is 10.1 Å². The third-order valence-electron chi connectivity index (χ3n) is 2.92. The van der Waals surface area contributed by atoms with Gasteiger partial charge in [0.15, 0.2) is 0 Å². The van der Waals surface area contributed by atoms with E-state index in [1.807, 2.05) is 19.1 Å². The lowest BCUT2D eigenvalue weighted by molar-refractivity contribution is -0.140. The molecule has 0 aliphatic rings. The third kappa shape index (κ3) is 4.37. The Labute approximate surface area is 108 Å². The summed E-state index contributed by atoms with van der Waals surface area (Å²) in [5, 5.41) is 11.9. The van der Waals surface area contributed by atoms with Crippen LogP contribution in [0.2, 0.25) is 0 Å². The zero-order valence-electron chi connectivity index (χ0n) is 11.2. The van der Waals surface area contributed by atoms with Crippen LogP contribution in [0.5, 0.6) is 5.75 Å². The highest BCUT2D eigenvalue weighted by atomic mass is 16.5. The maximum absolute atomic E-state index is 10.6. The molecule has 0 fully saturated rings. The fourth-order valence-corrected chi connectivity index (χ4v) is 1.73. The van der Waals surface area contributed by atoms with Crippen LogP contribution in [0.25, 0.3) is 0 Å². The normalized spacial score (nSPS) is 12.2. The van der Waals surface area contributed by atoms with Crippen LogP contribution in [0.1, 0.15) is 18.1 Å². The Kier molecular flexibility index (Phi) is 5.65. The lowest BCUT2D eigenvalue weighted by Crippen LogP contribution is -2.27. The molecule has 18 heavy (non-hydrogen) atoms. The number of aliphatic carboxylic acids is 1. The van der Waals surface area contributed by atoms with Crippen LogP contribution in [0, 0.1) is 12.8 Å². The van der Waals surface area contributed by atoms with Crippen molar-refractivity contribution in [1.29, 1.82) is 0 Å². The first-order chi connectivity index (χ1) is 8.54. The molecule has 0 aliphatic heterocycles. The van der Waals surface area contributed by atoms with Crippen LogP contribution in [0.3, 0.4) is 0 Å². The van der Waals surface area contributed by atoms with E-state index in [9.17, 15) is 4.79 Å². The summed E-state index contributed by atoms with van der Waals surface area (Å²) in [4.78, 5) is 10.6. The molecule has 0 bridgehead atoms. The standard InChI is InChI=1S/C14H21NO3/c1-10-8-12(4-5-13(10)18-3)6-7-15-9-11(2)14(16)17/h4-5,8,11,15H,6-7,9H2,1-3H3,(H,16,17). The van der Waals surface area contributed by atoms with E-state index in [0.717, 1.165) is 24.3 Å². The van der Waals surface area contributed by atoms with Crippen molar-refractivity contribution in [2.45, 2.75) is 20.3 Å². The zero-order valence-corrected chi connectivity index (χ0v) is 11.2. The van der Waals surface area contributed by atoms with Crippen molar-refractivity contribution in [3.05, 3.63) is 29.3 Å². The molecule has 0 amide bonds. The van der Waals surface area contributed by atoms with E-state index in [0.29, 0.717) is 6.54 Å². The SMILES string of the molecule is COc1ccc(CCNCC(C)C(=O)O)cc1C. The Morgan fingerprint density at radius 3 is 2.78 bits per heavy atom. The molecular weight excluding hydrogens is 230 g/mol. The van der Waals surface area contributed by atoms with Crippen LogP contribution in [0.15, 0.2) is 18.2 Å². The topological polar surface area (TPSA) is 58.6 Å². The summed E-state index contributed by atoms with van der Waals surface area (Å²) < 4.78 is 5.20. The Morgan fingerprint density at radius 2 is 2.22 bits per heavy atom. The van der Waals surface area contributed by atoms with Gasteiger partial charge in [-0.15, -0.1) is 0 Å². The van der Waals surface area contributed by atoms with Gasteiger partial charge in [0.25, 0.3) is 0 Å². The highest BCUT2D eigenvalue weighted by Gasteiger charge is 2.09. The number of benzene rings is 1. The van der Waals surface area contributed by atoms with Crippen LogP contribution in [0.4, 0.5) is 0 Å². The zero-order chi connectivity index (χ0) is 13.5. The number of ether oxygens (including phenoxy) is 1. The van der Waals surface area contributed by atoms with E-state index >= 15 is 0 Å². The van der Waals surface area contributed by atoms with E-state index < -0.39 is 5.97 Å². The maximum Gasteiger partial charge on any atom is 0.307 e. The van der Waals surface area contributed by atoms with Crippen molar-refractivity contribution in [2.75, 3.05) is 20.2 Å². The molecular formula is C14H21NO3. The van der Waals surface area contributed by atoms with Gasteiger partial charge in [-0.2, -0.15) is 0 Å². The molecule has 1 atom stereocenters. The molecule has 1 aromatic carbocycles. The number of hydrogen-bond donors (Lipinski definition) is 2. The molecule has 4 nitrogen and oxygen atoms in total. The maximum atomic E-state index is 10.6. The molecule has 0 aliphatic carbocycles. The molecule has 1 aromatic rings. The van der Waals surface area contributed by atoms with Crippen molar-refractivity contribution < 1.29 is 14.6 Å². The second kappa shape index (κ2) is 7.01. The Bertz CT molecular complexity index is 404. The first-order valence-electron chi connectivity index (χ1n) is 6.11. The Hall–Kier alpha value is -1.55. The number of carbonyl (C=O) groups is 1. The van der Waals surface area contributed by atoms with E-state index in [2.05, 4.69) is 11.4 Å². The number of carboxylic acids is 1. The highest BCUT2D eigenvalue weighted by molar-refractivity contribution is 5.69. The molecule has 0 spiro atoms. The Balaban J connectivity index is 2.36. The summed E-state index contributed by atoms with van der Waals surface area (Å²) in [6, 6.07) is 6.10. The first kappa shape index (κ1) is 14.5. The second-order valence-corrected chi connectivity index (χ2v) is 4.50. The van der Waals surface area contributed by atoms with Gasteiger partial charge in [-0.05, 0) is 37.1 Å². The van der Waals surface area contributed by atoms with Gasteiger partial charge in [-0.25, -0.2) is 0 Å². The largest absolute Gasteiger partial charge is 0.496 e. The number of rotatable bonds is 7. The van der Waals surface area contributed by atoms with Crippen molar-refractivity contribution in [3.63, 3.8) is 0 Å². The van der Waals surface area contributed by atoms with Crippen LogP contribution in [-0.2, 0) is 11.2 Å². The second-order valence-electron chi connectivity index (χ2n) is 4.50. The van der Waals surface area contributed by atoms with Gasteiger partial charge in [0, 0.05) is 6.54 Å². The smallest absolute Gasteiger partial charge is 0.307 e. The van der Waals surface area contributed by atoms with E-state index in [-0.39, 0.29) is 5.92 Å². The summed E-state index contributed by atoms with van der Waals surface area (Å²) in [7, 11) is 1.66. The third-order valence-corrected chi connectivity index (χ3v) is 2.92. The summed E-state index contributed by atoms with van der Waals surface area (Å²) in [6.07, 6.45) is 0.886. The average Bonchev–Trinajstić information content (AvgIpc) is 2.34. The van der Waals surface area contributed by atoms with Gasteiger partial charge in [0.1, 0.15) is 5.75 Å². The van der Waals surface area contributed by atoms with Gasteiger partial charge in [0.2, 0.25) is 0 Å². The number of carboxylic acid groups (broad SMARTS) is 1. The molecule has 0 radical (unpaired) electrons. The number of nitrogens with one attached hydrogen (secondary N) is 1. The van der Waals surface area contributed by atoms with Gasteiger partial charge in [-0.3, -0.25) is 4.79 Å². The fraction of sp³-hybridized carbons (Fsp3) is 0.500. The minimum absolute atomic E-state index is 0.345. The molecule has 2 N–H and O–H groups in total.